The number of nitrogens with zero attached hydrogens (tertiary/aromatic N) is 2. The van der Waals surface area contributed by atoms with Gasteiger partial charge in [0.2, 0.25) is 10.0 Å². The zero-order valence-electron chi connectivity index (χ0n) is 14.1. The Morgan fingerprint density at radius 3 is 2.12 bits per heavy atom. The second-order valence-corrected chi connectivity index (χ2v) is 8.15. The van der Waals surface area contributed by atoms with Gasteiger partial charge in [0.1, 0.15) is 5.75 Å². The quantitative estimate of drug-likeness (QED) is 0.799. The highest BCUT2D eigenvalue weighted by Gasteiger charge is 2.28. The van der Waals surface area contributed by atoms with Crippen molar-refractivity contribution in [1.82, 2.24) is 4.31 Å². The minimum atomic E-state index is -3.48. The predicted molar refractivity (Wildman–Crippen MR) is 100 cm³/mol. The molecule has 0 bridgehead atoms. The third-order valence-corrected chi connectivity index (χ3v) is 6.37. The van der Waals surface area contributed by atoms with E-state index in [0.29, 0.717) is 48.5 Å². The predicted octanol–water partition coefficient (Wildman–Crippen LogP) is 3.25. The van der Waals surface area contributed by atoms with Gasteiger partial charge in [0, 0.05) is 36.9 Å². The van der Waals surface area contributed by atoms with Crippen molar-refractivity contribution < 1.29 is 13.2 Å². The zero-order chi connectivity index (χ0) is 17.9. The first-order chi connectivity index (χ1) is 12.0. The number of halogens is 1. The molecule has 0 N–H and O–H groups in total. The van der Waals surface area contributed by atoms with Gasteiger partial charge in [0.15, 0.2) is 0 Å². The molecule has 0 amide bonds. The highest BCUT2D eigenvalue weighted by Crippen LogP contribution is 2.23. The lowest BCUT2D eigenvalue weighted by molar-refractivity contribution is 0.340. The van der Waals surface area contributed by atoms with E-state index >= 15 is 0 Å². The minimum Gasteiger partial charge on any atom is -0.494 e. The first-order valence-corrected chi connectivity index (χ1v) is 10.1. The standard InChI is InChI=1S/C18H21ClN2O3S/c1-2-24-17-7-9-18(10-8-17)25(22,23)21-13-11-20(12-14-21)16-5-3-15(19)4-6-16/h3-10H,2,11-14H2,1H3. The Labute approximate surface area is 153 Å². The monoisotopic (exact) mass is 380 g/mol. The second kappa shape index (κ2) is 7.64. The number of sulfonamides is 1. The summed E-state index contributed by atoms with van der Waals surface area (Å²) in [7, 11) is -3.48. The van der Waals surface area contributed by atoms with Gasteiger partial charge >= 0.3 is 0 Å². The fraction of sp³-hybridized carbons (Fsp3) is 0.333. The third-order valence-electron chi connectivity index (χ3n) is 4.20. The average Bonchev–Trinajstić information content (AvgIpc) is 2.63. The van der Waals surface area contributed by atoms with Crippen LogP contribution in [0.2, 0.25) is 5.02 Å². The Bertz CT molecular complexity index is 799. The number of rotatable bonds is 5. The summed E-state index contributed by atoms with van der Waals surface area (Å²) >= 11 is 5.92. The van der Waals surface area contributed by atoms with E-state index in [1.54, 1.807) is 24.3 Å². The Morgan fingerprint density at radius 2 is 1.56 bits per heavy atom. The number of benzene rings is 2. The zero-order valence-corrected chi connectivity index (χ0v) is 15.6. The summed E-state index contributed by atoms with van der Waals surface area (Å²) in [5.74, 6) is 0.675. The first-order valence-electron chi connectivity index (χ1n) is 8.24. The molecule has 3 rings (SSSR count). The van der Waals surface area contributed by atoms with Crippen LogP contribution in [0.1, 0.15) is 6.92 Å². The first kappa shape index (κ1) is 18.0. The Hall–Kier alpha value is -1.76. The number of piperazine rings is 1. The molecule has 0 spiro atoms. The van der Waals surface area contributed by atoms with Crippen LogP contribution in [0.5, 0.6) is 5.75 Å². The molecule has 2 aromatic carbocycles. The smallest absolute Gasteiger partial charge is 0.243 e. The molecule has 1 saturated heterocycles. The Morgan fingerprint density at radius 1 is 0.960 bits per heavy atom. The van der Waals surface area contributed by atoms with Crippen LogP contribution >= 0.6 is 11.6 Å². The fourth-order valence-corrected chi connectivity index (χ4v) is 4.41. The van der Waals surface area contributed by atoms with E-state index < -0.39 is 10.0 Å². The molecular weight excluding hydrogens is 360 g/mol. The van der Waals surface area contributed by atoms with Crippen molar-refractivity contribution in [2.75, 3.05) is 37.7 Å². The van der Waals surface area contributed by atoms with Gasteiger partial charge in [-0.2, -0.15) is 4.31 Å². The van der Waals surface area contributed by atoms with Gasteiger partial charge in [-0.1, -0.05) is 11.6 Å². The maximum absolute atomic E-state index is 12.8. The second-order valence-electron chi connectivity index (χ2n) is 5.77. The third kappa shape index (κ3) is 4.08. The van der Waals surface area contributed by atoms with E-state index in [2.05, 4.69) is 4.90 Å². The Kier molecular flexibility index (Phi) is 5.51. The number of hydrogen-bond acceptors (Lipinski definition) is 4. The summed E-state index contributed by atoms with van der Waals surface area (Å²) in [4.78, 5) is 2.47. The fourth-order valence-electron chi connectivity index (χ4n) is 2.86. The maximum atomic E-state index is 12.8. The largest absolute Gasteiger partial charge is 0.494 e. The van der Waals surface area contributed by atoms with Crippen molar-refractivity contribution >= 4 is 27.3 Å². The van der Waals surface area contributed by atoms with Crippen LogP contribution in [0.25, 0.3) is 0 Å². The molecule has 1 aliphatic heterocycles. The van der Waals surface area contributed by atoms with Crippen LogP contribution < -0.4 is 9.64 Å². The summed E-state index contributed by atoms with van der Waals surface area (Å²) in [5.41, 5.74) is 1.06. The minimum absolute atomic E-state index is 0.302. The molecule has 0 aromatic heterocycles. The molecule has 2 aromatic rings. The van der Waals surface area contributed by atoms with Crippen LogP contribution in [0.3, 0.4) is 0 Å². The molecule has 0 atom stereocenters. The number of ether oxygens (including phenoxy) is 1. The van der Waals surface area contributed by atoms with Crippen LogP contribution in [-0.4, -0.2) is 45.5 Å². The SMILES string of the molecule is CCOc1ccc(S(=O)(=O)N2CCN(c3ccc(Cl)cc3)CC2)cc1. The van der Waals surface area contributed by atoms with Crippen molar-refractivity contribution in [3.8, 4) is 5.75 Å². The topological polar surface area (TPSA) is 49.9 Å². The molecule has 0 saturated carbocycles. The molecule has 5 nitrogen and oxygen atoms in total. The summed E-state index contributed by atoms with van der Waals surface area (Å²) in [6.45, 7) is 4.66. The van der Waals surface area contributed by atoms with Gasteiger partial charge in [-0.3, -0.25) is 0 Å². The van der Waals surface area contributed by atoms with Crippen molar-refractivity contribution in [2.45, 2.75) is 11.8 Å². The van der Waals surface area contributed by atoms with Crippen LogP contribution in [-0.2, 0) is 10.0 Å². The lowest BCUT2D eigenvalue weighted by Crippen LogP contribution is -2.48. The average molecular weight is 381 g/mol. The lowest BCUT2D eigenvalue weighted by atomic mass is 10.2. The van der Waals surface area contributed by atoms with Gasteiger partial charge in [-0.15, -0.1) is 0 Å². The molecule has 1 fully saturated rings. The van der Waals surface area contributed by atoms with E-state index in [1.165, 1.54) is 4.31 Å². The highest BCUT2D eigenvalue weighted by molar-refractivity contribution is 7.89. The normalized spacial score (nSPS) is 16.0. The van der Waals surface area contributed by atoms with Crippen molar-refractivity contribution in [1.29, 1.82) is 0 Å². The van der Waals surface area contributed by atoms with Crippen molar-refractivity contribution in [2.24, 2.45) is 0 Å². The van der Waals surface area contributed by atoms with E-state index in [4.69, 9.17) is 16.3 Å². The van der Waals surface area contributed by atoms with E-state index in [-0.39, 0.29) is 0 Å². The van der Waals surface area contributed by atoms with Gasteiger partial charge < -0.3 is 9.64 Å². The van der Waals surface area contributed by atoms with Crippen LogP contribution in [0.4, 0.5) is 5.69 Å². The summed E-state index contributed by atoms with van der Waals surface area (Å²) < 4.78 is 32.5. The van der Waals surface area contributed by atoms with Crippen molar-refractivity contribution in [3.05, 3.63) is 53.6 Å². The molecular formula is C18H21ClN2O3S. The van der Waals surface area contributed by atoms with E-state index in [0.717, 1.165) is 5.69 Å². The lowest BCUT2D eigenvalue weighted by Gasteiger charge is -2.35. The Balaban J connectivity index is 1.67. The molecule has 0 unspecified atom stereocenters. The summed E-state index contributed by atoms with van der Waals surface area (Å²) in [5, 5.41) is 0.695. The molecule has 0 aliphatic carbocycles. The summed E-state index contributed by atoms with van der Waals surface area (Å²) in [6.07, 6.45) is 0. The van der Waals surface area contributed by atoms with Crippen LogP contribution in [0, 0.1) is 0 Å². The van der Waals surface area contributed by atoms with Crippen molar-refractivity contribution in [3.63, 3.8) is 0 Å². The van der Waals surface area contributed by atoms with E-state index in [1.807, 2.05) is 31.2 Å². The molecule has 7 heteroatoms. The van der Waals surface area contributed by atoms with E-state index in [9.17, 15) is 8.42 Å². The van der Waals surface area contributed by atoms with Gasteiger partial charge in [0.05, 0.1) is 11.5 Å². The van der Waals surface area contributed by atoms with Crippen LogP contribution in [0.15, 0.2) is 53.4 Å². The molecule has 25 heavy (non-hydrogen) atoms. The van der Waals surface area contributed by atoms with Gasteiger partial charge in [-0.05, 0) is 55.5 Å². The molecule has 0 radical (unpaired) electrons. The number of hydrogen-bond donors (Lipinski definition) is 0. The molecule has 134 valence electrons. The molecule has 1 aliphatic rings. The number of anilines is 1. The summed E-state index contributed by atoms with van der Waals surface area (Å²) in [6, 6.07) is 14.2. The van der Waals surface area contributed by atoms with Gasteiger partial charge in [0.25, 0.3) is 0 Å². The molecule has 1 heterocycles. The van der Waals surface area contributed by atoms with Gasteiger partial charge in [-0.25, -0.2) is 8.42 Å². The highest BCUT2D eigenvalue weighted by atomic mass is 35.5. The maximum Gasteiger partial charge on any atom is 0.243 e.